The van der Waals surface area contributed by atoms with Gasteiger partial charge in [-0.15, -0.1) is 10.2 Å². The van der Waals surface area contributed by atoms with E-state index in [0.717, 1.165) is 5.56 Å². The van der Waals surface area contributed by atoms with E-state index in [1.165, 1.54) is 11.3 Å². The first-order chi connectivity index (χ1) is 9.17. The van der Waals surface area contributed by atoms with Crippen LogP contribution in [0.15, 0.2) is 24.3 Å². The van der Waals surface area contributed by atoms with Crippen LogP contribution in [-0.4, -0.2) is 22.7 Å². The van der Waals surface area contributed by atoms with E-state index in [-0.39, 0.29) is 12.5 Å². The smallest absolute Gasteiger partial charge is 0.264 e. The maximum absolute atomic E-state index is 11.6. The molecule has 0 atom stereocenters. The first-order valence-corrected chi connectivity index (χ1v) is 6.51. The Labute approximate surface area is 114 Å². The van der Waals surface area contributed by atoms with Gasteiger partial charge in [0.05, 0.1) is 0 Å². The number of anilines is 1. The van der Waals surface area contributed by atoms with Crippen molar-refractivity contribution in [2.45, 2.75) is 13.5 Å². The molecule has 0 fully saturated rings. The number of aromatic nitrogens is 2. The molecule has 100 valence electrons. The second-order valence-electron chi connectivity index (χ2n) is 3.85. The minimum Gasteiger partial charge on any atom is -0.484 e. The van der Waals surface area contributed by atoms with E-state index in [0.29, 0.717) is 22.4 Å². The van der Waals surface area contributed by atoms with Crippen molar-refractivity contribution in [2.24, 2.45) is 5.73 Å². The molecule has 0 aliphatic heterocycles. The molecule has 1 amide bonds. The van der Waals surface area contributed by atoms with Crippen LogP contribution in [0, 0.1) is 6.92 Å². The van der Waals surface area contributed by atoms with E-state index < -0.39 is 0 Å². The summed E-state index contributed by atoms with van der Waals surface area (Å²) >= 11 is 1.25. The lowest BCUT2D eigenvalue weighted by molar-refractivity contribution is -0.118. The highest BCUT2D eigenvalue weighted by Gasteiger charge is 2.08. The lowest BCUT2D eigenvalue weighted by Crippen LogP contribution is -2.20. The van der Waals surface area contributed by atoms with Gasteiger partial charge < -0.3 is 10.5 Å². The van der Waals surface area contributed by atoms with Crippen LogP contribution in [0.4, 0.5) is 5.13 Å². The Balaban J connectivity index is 1.82. The van der Waals surface area contributed by atoms with E-state index in [9.17, 15) is 4.79 Å². The molecule has 0 bridgehead atoms. The fraction of sp³-hybridized carbons (Fsp3) is 0.250. The van der Waals surface area contributed by atoms with Gasteiger partial charge in [-0.25, -0.2) is 0 Å². The Bertz CT molecular complexity index is 553. The summed E-state index contributed by atoms with van der Waals surface area (Å²) in [5.41, 5.74) is 6.55. The van der Waals surface area contributed by atoms with Gasteiger partial charge in [0.2, 0.25) is 5.13 Å². The lowest BCUT2D eigenvalue weighted by Gasteiger charge is -2.05. The van der Waals surface area contributed by atoms with E-state index in [4.69, 9.17) is 10.5 Å². The van der Waals surface area contributed by atoms with Crippen LogP contribution in [0.1, 0.15) is 10.6 Å². The average molecular weight is 278 g/mol. The van der Waals surface area contributed by atoms with Crippen LogP contribution in [0.2, 0.25) is 0 Å². The SMILES string of the molecule is Cc1ccc(OCC(=O)Nc2nnc(CN)s2)cc1. The molecule has 1 aromatic carbocycles. The standard InChI is InChI=1S/C12H14N4O2S/c1-8-2-4-9(5-3-8)18-7-10(17)14-12-16-15-11(6-13)19-12/h2-5H,6-7,13H2,1H3,(H,14,16,17). The monoisotopic (exact) mass is 278 g/mol. The van der Waals surface area contributed by atoms with Crippen molar-refractivity contribution in [3.8, 4) is 5.75 Å². The molecule has 0 aliphatic carbocycles. The second-order valence-corrected chi connectivity index (χ2v) is 4.92. The molecule has 0 saturated carbocycles. The third-order valence-electron chi connectivity index (χ3n) is 2.28. The molecule has 19 heavy (non-hydrogen) atoms. The minimum atomic E-state index is -0.278. The summed E-state index contributed by atoms with van der Waals surface area (Å²) in [6.45, 7) is 2.23. The highest BCUT2D eigenvalue weighted by Crippen LogP contribution is 2.15. The Kier molecular flexibility index (Phi) is 4.43. The number of nitrogens with two attached hydrogens (primary N) is 1. The van der Waals surface area contributed by atoms with Crippen molar-refractivity contribution in [3.05, 3.63) is 34.8 Å². The first-order valence-electron chi connectivity index (χ1n) is 5.69. The third kappa shape index (κ3) is 4.01. The summed E-state index contributed by atoms with van der Waals surface area (Å²) in [4.78, 5) is 11.6. The molecule has 2 aromatic rings. The van der Waals surface area contributed by atoms with Crippen molar-refractivity contribution in [1.82, 2.24) is 10.2 Å². The largest absolute Gasteiger partial charge is 0.484 e. The van der Waals surface area contributed by atoms with Crippen molar-refractivity contribution in [2.75, 3.05) is 11.9 Å². The van der Waals surface area contributed by atoms with E-state index in [2.05, 4.69) is 15.5 Å². The molecule has 6 nitrogen and oxygen atoms in total. The van der Waals surface area contributed by atoms with Crippen LogP contribution in [0.5, 0.6) is 5.75 Å². The molecule has 0 aliphatic rings. The zero-order chi connectivity index (χ0) is 13.7. The topological polar surface area (TPSA) is 90.1 Å². The van der Waals surface area contributed by atoms with Gasteiger partial charge in [-0.1, -0.05) is 29.0 Å². The maximum atomic E-state index is 11.6. The number of hydrogen-bond acceptors (Lipinski definition) is 6. The van der Waals surface area contributed by atoms with Crippen LogP contribution >= 0.6 is 11.3 Å². The average Bonchev–Trinajstić information content (AvgIpc) is 2.86. The fourth-order valence-corrected chi connectivity index (χ4v) is 1.96. The van der Waals surface area contributed by atoms with Gasteiger partial charge in [0.1, 0.15) is 10.8 Å². The van der Waals surface area contributed by atoms with Crippen molar-refractivity contribution in [1.29, 1.82) is 0 Å². The molecule has 0 radical (unpaired) electrons. The van der Waals surface area contributed by atoms with Gasteiger partial charge in [-0.3, -0.25) is 10.1 Å². The first kappa shape index (κ1) is 13.4. The number of carbonyl (C=O) groups is 1. The summed E-state index contributed by atoms with van der Waals surface area (Å²) in [5.74, 6) is 0.376. The van der Waals surface area contributed by atoms with Crippen molar-refractivity contribution >= 4 is 22.4 Å². The Morgan fingerprint density at radius 2 is 2.11 bits per heavy atom. The van der Waals surface area contributed by atoms with Crippen molar-refractivity contribution in [3.63, 3.8) is 0 Å². The number of nitrogens with one attached hydrogen (secondary N) is 1. The van der Waals surface area contributed by atoms with Gasteiger partial charge in [-0.2, -0.15) is 0 Å². The molecule has 0 saturated heterocycles. The third-order valence-corrected chi connectivity index (χ3v) is 3.14. The van der Waals surface area contributed by atoms with Crippen molar-refractivity contribution < 1.29 is 9.53 Å². The van der Waals surface area contributed by atoms with Crippen LogP contribution in [-0.2, 0) is 11.3 Å². The predicted molar refractivity (Wildman–Crippen MR) is 73.1 cm³/mol. The number of amides is 1. The lowest BCUT2D eigenvalue weighted by atomic mass is 10.2. The molecule has 1 heterocycles. The number of benzene rings is 1. The Morgan fingerprint density at radius 1 is 1.37 bits per heavy atom. The molecule has 2 rings (SSSR count). The zero-order valence-electron chi connectivity index (χ0n) is 10.4. The normalized spacial score (nSPS) is 10.2. The molecule has 0 unspecified atom stereocenters. The van der Waals surface area contributed by atoms with Gasteiger partial charge in [-0.05, 0) is 19.1 Å². The fourth-order valence-electron chi connectivity index (χ4n) is 1.33. The Hall–Kier alpha value is -1.99. The summed E-state index contributed by atoms with van der Waals surface area (Å²) in [5, 5.41) is 11.3. The van der Waals surface area contributed by atoms with E-state index >= 15 is 0 Å². The molecular formula is C12H14N4O2S. The van der Waals surface area contributed by atoms with Gasteiger partial charge in [0, 0.05) is 6.54 Å². The second kappa shape index (κ2) is 6.26. The number of rotatable bonds is 5. The number of ether oxygens (including phenoxy) is 1. The van der Waals surface area contributed by atoms with Gasteiger partial charge >= 0.3 is 0 Å². The highest BCUT2D eigenvalue weighted by atomic mass is 32.1. The van der Waals surface area contributed by atoms with Crippen LogP contribution < -0.4 is 15.8 Å². The number of carbonyl (C=O) groups excluding carboxylic acids is 1. The minimum absolute atomic E-state index is 0.0688. The number of nitrogens with zero attached hydrogens (tertiary/aromatic N) is 2. The zero-order valence-corrected chi connectivity index (χ0v) is 11.2. The summed E-state index contributed by atoms with van der Waals surface area (Å²) in [6, 6.07) is 7.48. The van der Waals surface area contributed by atoms with Crippen LogP contribution in [0.25, 0.3) is 0 Å². The molecule has 7 heteroatoms. The quantitative estimate of drug-likeness (QED) is 0.861. The summed E-state index contributed by atoms with van der Waals surface area (Å²) in [6.07, 6.45) is 0. The summed E-state index contributed by atoms with van der Waals surface area (Å²) < 4.78 is 5.35. The van der Waals surface area contributed by atoms with E-state index in [1.807, 2.05) is 31.2 Å². The van der Waals surface area contributed by atoms with Gasteiger partial charge in [0.15, 0.2) is 6.61 Å². The molecule has 1 aromatic heterocycles. The highest BCUT2D eigenvalue weighted by molar-refractivity contribution is 7.15. The maximum Gasteiger partial charge on any atom is 0.264 e. The number of hydrogen-bond donors (Lipinski definition) is 2. The Morgan fingerprint density at radius 3 is 2.74 bits per heavy atom. The van der Waals surface area contributed by atoms with Gasteiger partial charge in [0.25, 0.3) is 5.91 Å². The summed E-state index contributed by atoms with van der Waals surface area (Å²) in [7, 11) is 0. The molecule has 0 spiro atoms. The predicted octanol–water partition coefficient (Wildman–Crippen LogP) is 1.32. The van der Waals surface area contributed by atoms with Crippen LogP contribution in [0.3, 0.4) is 0 Å². The van der Waals surface area contributed by atoms with E-state index in [1.54, 1.807) is 0 Å². The number of aryl methyl sites for hydroxylation is 1. The molecule has 3 N–H and O–H groups in total. The molecular weight excluding hydrogens is 264 g/mol.